The Hall–Kier alpha value is -2.14. The largest absolute Gasteiger partial charge is 0.482 e. The molecule has 21 heavy (non-hydrogen) atoms. The lowest BCUT2D eigenvalue weighted by atomic mass is 10.1. The molecule has 0 fully saturated rings. The number of halogens is 1. The van der Waals surface area contributed by atoms with Crippen LogP contribution in [0, 0.1) is 6.92 Å². The summed E-state index contributed by atoms with van der Waals surface area (Å²) in [6, 6.07) is 3.54. The molecule has 0 atom stereocenters. The molecule has 110 valence electrons. The third-order valence-corrected chi connectivity index (χ3v) is 3.35. The molecule has 0 radical (unpaired) electrons. The predicted octanol–water partition coefficient (Wildman–Crippen LogP) is 2.48. The van der Waals surface area contributed by atoms with Crippen LogP contribution in [0.1, 0.15) is 11.1 Å². The van der Waals surface area contributed by atoms with Crippen molar-refractivity contribution in [2.45, 2.75) is 13.5 Å². The van der Waals surface area contributed by atoms with Crippen LogP contribution in [0.25, 0.3) is 0 Å². The Balaban J connectivity index is 1.91. The average molecular weight is 306 g/mol. The molecular formula is C15H16ClN3O2. The first kappa shape index (κ1) is 15.3. The van der Waals surface area contributed by atoms with Crippen molar-refractivity contribution in [3.8, 4) is 5.75 Å². The molecule has 1 amide bonds. The number of carbonyl (C=O) groups excluding carboxylic acids is 1. The number of hydrogen-bond acceptors (Lipinski definition) is 4. The maximum Gasteiger partial charge on any atom is 0.260 e. The van der Waals surface area contributed by atoms with Gasteiger partial charge in [-0.3, -0.25) is 14.8 Å². The van der Waals surface area contributed by atoms with E-state index >= 15 is 0 Å². The van der Waals surface area contributed by atoms with E-state index in [9.17, 15) is 4.79 Å². The first-order valence-electron chi connectivity index (χ1n) is 6.43. The van der Waals surface area contributed by atoms with Crippen molar-refractivity contribution in [2.24, 2.45) is 0 Å². The molecule has 0 saturated heterocycles. The third kappa shape index (κ3) is 4.16. The lowest BCUT2D eigenvalue weighted by Gasteiger charge is -2.18. The number of likely N-dealkylation sites (N-methyl/N-ethyl adjacent to an activating group) is 1. The number of pyridine rings is 2. The summed E-state index contributed by atoms with van der Waals surface area (Å²) in [6.45, 7) is 2.41. The van der Waals surface area contributed by atoms with Gasteiger partial charge in [-0.25, -0.2) is 0 Å². The van der Waals surface area contributed by atoms with Crippen LogP contribution >= 0.6 is 11.6 Å². The zero-order valence-electron chi connectivity index (χ0n) is 11.9. The zero-order valence-corrected chi connectivity index (χ0v) is 12.7. The molecule has 0 aliphatic carbocycles. The molecule has 0 spiro atoms. The van der Waals surface area contributed by atoms with Gasteiger partial charge in [-0.2, -0.15) is 0 Å². The molecule has 2 aromatic heterocycles. The third-order valence-electron chi connectivity index (χ3n) is 3.07. The van der Waals surface area contributed by atoms with Crippen LogP contribution in [-0.4, -0.2) is 34.4 Å². The molecule has 5 nitrogen and oxygen atoms in total. The SMILES string of the molecule is Cc1ccncc1CN(C)C(=O)COc1ccncc1Cl. The van der Waals surface area contributed by atoms with E-state index in [1.807, 2.05) is 13.0 Å². The second-order valence-electron chi connectivity index (χ2n) is 4.65. The van der Waals surface area contributed by atoms with Gasteiger partial charge in [-0.15, -0.1) is 0 Å². The van der Waals surface area contributed by atoms with E-state index in [4.69, 9.17) is 16.3 Å². The molecule has 0 aliphatic rings. The van der Waals surface area contributed by atoms with Gasteiger partial charge in [0.05, 0.1) is 0 Å². The Morgan fingerprint density at radius 3 is 2.71 bits per heavy atom. The normalized spacial score (nSPS) is 10.2. The molecule has 2 heterocycles. The highest BCUT2D eigenvalue weighted by Crippen LogP contribution is 2.21. The lowest BCUT2D eigenvalue weighted by Crippen LogP contribution is -2.31. The monoisotopic (exact) mass is 305 g/mol. The molecule has 2 aromatic rings. The molecular weight excluding hydrogens is 290 g/mol. The van der Waals surface area contributed by atoms with E-state index in [0.717, 1.165) is 11.1 Å². The minimum atomic E-state index is -0.133. The van der Waals surface area contributed by atoms with Crippen molar-refractivity contribution in [3.05, 3.63) is 53.1 Å². The molecule has 6 heteroatoms. The van der Waals surface area contributed by atoms with Crippen LogP contribution < -0.4 is 4.74 Å². The second kappa shape index (κ2) is 7.04. The first-order valence-corrected chi connectivity index (χ1v) is 6.81. The Bertz CT molecular complexity index is 634. The van der Waals surface area contributed by atoms with Crippen LogP contribution in [0.3, 0.4) is 0 Å². The molecule has 2 rings (SSSR count). The standard InChI is InChI=1S/C15H16ClN3O2/c1-11-3-5-17-7-12(11)9-19(2)15(20)10-21-14-4-6-18-8-13(14)16/h3-8H,9-10H2,1-2H3. The minimum Gasteiger partial charge on any atom is -0.482 e. The van der Waals surface area contributed by atoms with Gasteiger partial charge in [0, 0.05) is 44.4 Å². The van der Waals surface area contributed by atoms with Gasteiger partial charge in [0.15, 0.2) is 6.61 Å². The van der Waals surface area contributed by atoms with Gasteiger partial charge >= 0.3 is 0 Å². The van der Waals surface area contributed by atoms with Crippen LogP contribution in [-0.2, 0) is 11.3 Å². The van der Waals surface area contributed by atoms with E-state index < -0.39 is 0 Å². The molecule has 0 saturated carbocycles. The van der Waals surface area contributed by atoms with Crippen molar-refractivity contribution < 1.29 is 9.53 Å². The quantitative estimate of drug-likeness (QED) is 0.851. The fourth-order valence-corrected chi connectivity index (χ4v) is 1.91. The van der Waals surface area contributed by atoms with Crippen molar-refractivity contribution >= 4 is 17.5 Å². The molecule has 0 aliphatic heterocycles. The summed E-state index contributed by atoms with van der Waals surface area (Å²) in [7, 11) is 1.73. The summed E-state index contributed by atoms with van der Waals surface area (Å²) in [5, 5.41) is 0.385. The predicted molar refractivity (Wildman–Crippen MR) is 80.2 cm³/mol. The summed E-state index contributed by atoms with van der Waals surface area (Å²) < 4.78 is 5.41. The van der Waals surface area contributed by atoms with Crippen molar-refractivity contribution in [2.75, 3.05) is 13.7 Å². The van der Waals surface area contributed by atoms with E-state index in [-0.39, 0.29) is 12.5 Å². The van der Waals surface area contributed by atoms with Gasteiger partial charge in [0.2, 0.25) is 0 Å². The molecule has 0 N–H and O–H groups in total. The van der Waals surface area contributed by atoms with E-state index in [1.54, 1.807) is 36.6 Å². The summed E-state index contributed by atoms with van der Waals surface area (Å²) >= 11 is 5.92. The smallest absolute Gasteiger partial charge is 0.260 e. The Morgan fingerprint density at radius 2 is 2.00 bits per heavy atom. The number of hydrogen-bond donors (Lipinski definition) is 0. The molecule has 0 aromatic carbocycles. The second-order valence-corrected chi connectivity index (χ2v) is 5.05. The topological polar surface area (TPSA) is 55.3 Å². The summed E-state index contributed by atoms with van der Waals surface area (Å²) in [5.41, 5.74) is 2.11. The van der Waals surface area contributed by atoms with Crippen LogP contribution in [0.4, 0.5) is 0 Å². The zero-order chi connectivity index (χ0) is 15.2. The van der Waals surface area contributed by atoms with Gasteiger partial charge in [-0.1, -0.05) is 11.6 Å². The van der Waals surface area contributed by atoms with Gasteiger partial charge < -0.3 is 9.64 Å². The highest BCUT2D eigenvalue weighted by atomic mass is 35.5. The van der Waals surface area contributed by atoms with Gasteiger partial charge in [0.25, 0.3) is 5.91 Å². The Labute approximate surface area is 128 Å². The number of rotatable bonds is 5. The number of nitrogens with zero attached hydrogens (tertiary/aromatic N) is 3. The summed E-state index contributed by atoms with van der Waals surface area (Å²) in [6.07, 6.45) is 6.54. The maximum absolute atomic E-state index is 12.1. The minimum absolute atomic E-state index is 0.0699. The number of carbonyl (C=O) groups is 1. The number of aromatic nitrogens is 2. The van der Waals surface area contributed by atoms with Crippen molar-refractivity contribution in [1.29, 1.82) is 0 Å². The number of ether oxygens (including phenoxy) is 1. The Kier molecular flexibility index (Phi) is 5.11. The number of amides is 1. The highest BCUT2D eigenvalue weighted by molar-refractivity contribution is 6.31. The molecule has 0 unspecified atom stereocenters. The lowest BCUT2D eigenvalue weighted by molar-refractivity contribution is -0.132. The van der Waals surface area contributed by atoms with E-state index in [2.05, 4.69) is 9.97 Å². The fraction of sp³-hybridized carbons (Fsp3) is 0.267. The average Bonchev–Trinajstić information content (AvgIpc) is 2.48. The van der Waals surface area contributed by atoms with Crippen molar-refractivity contribution in [3.63, 3.8) is 0 Å². The van der Waals surface area contributed by atoms with Crippen LogP contribution in [0.2, 0.25) is 5.02 Å². The fourth-order valence-electron chi connectivity index (χ4n) is 1.74. The maximum atomic E-state index is 12.1. The summed E-state index contributed by atoms with van der Waals surface area (Å²) in [5.74, 6) is 0.317. The van der Waals surface area contributed by atoms with Crippen LogP contribution in [0.5, 0.6) is 5.75 Å². The summed E-state index contributed by atoms with van der Waals surface area (Å²) in [4.78, 5) is 21.6. The highest BCUT2D eigenvalue weighted by Gasteiger charge is 2.12. The molecule has 0 bridgehead atoms. The number of aryl methyl sites for hydroxylation is 1. The first-order chi connectivity index (χ1) is 10.1. The van der Waals surface area contributed by atoms with E-state index in [0.29, 0.717) is 17.3 Å². The van der Waals surface area contributed by atoms with Crippen LogP contribution in [0.15, 0.2) is 36.9 Å². The Morgan fingerprint density at radius 1 is 1.29 bits per heavy atom. The van der Waals surface area contributed by atoms with Gasteiger partial charge in [0.1, 0.15) is 10.8 Å². The van der Waals surface area contributed by atoms with E-state index in [1.165, 1.54) is 6.20 Å². The van der Waals surface area contributed by atoms with Crippen molar-refractivity contribution in [1.82, 2.24) is 14.9 Å². The van der Waals surface area contributed by atoms with Gasteiger partial charge in [-0.05, 0) is 24.1 Å².